The zero-order valence-corrected chi connectivity index (χ0v) is 17.9. The molecule has 0 amide bonds. The molecule has 8 heteroatoms. The number of ether oxygens (including phenoxy) is 1. The summed E-state index contributed by atoms with van der Waals surface area (Å²) in [6.45, 7) is 10.2. The van der Waals surface area contributed by atoms with Gasteiger partial charge in [0.25, 0.3) is 0 Å². The molecule has 0 radical (unpaired) electrons. The molecule has 1 aromatic rings. The van der Waals surface area contributed by atoms with Crippen LogP contribution in [0.15, 0.2) is 10.4 Å². The normalized spacial score (nSPS) is 14.6. The lowest BCUT2D eigenvalue weighted by atomic mass is 10.3. The van der Waals surface area contributed by atoms with E-state index in [4.69, 9.17) is 9.72 Å². The van der Waals surface area contributed by atoms with E-state index in [1.165, 1.54) is 18.0 Å². The molecule has 1 aromatic heterocycles. The minimum atomic E-state index is 0. The molecule has 0 atom stereocenters. The van der Waals surface area contributed by atoms with Crippen molar-refractivity contribution in [2.75, 3.05) is 50.8 Å². The van der Waals surface area contributed by atoms with Crippen LogP contribution >= 0.6 is 35.3 Å². The van der Waals surface area contributed by atoms with Gasteiger partial charge in [-0.25, -0.2) is 4.98 Å². The van der Waals surface area contributed by atoms with Gasteiger partial charge in [-0.15, -0.1) is 35.3 Å². The molecule has 6 nitrogen and oxygen atoms in total. The van der Waals surface area contributed by atoms with Crippen LogP contribution in [0.4, 0.5) is 5.13 Å². The number of hydrogen-bond donors (Lipinski definition) is 2. The lowest BCUT2D eigenvalue weighted by Crippen LogP contribution is -2.38. The second-order valence-electron chi connectivity index (χ2n) is 5.45. The number of guanidine groups is 1. The summed E-state index contributed by atoms with van der Waals surface area (Å²) in [5.41, 5.74) is 1.16. The summed E-state index contributed by atoms with van der Waals surface area (Å²) in [6, 6.07) is 0. The average molecular weight is 467 g/mol. The van der Waals surface area contributed by atoms with E-state index < -0.39 is 0 Å². The van der Waals surface area contributed by atoms with Gasteiger partial charge in [-0.05, 0) is 26.7 Å². The standard InChI is InChI=1S/C16H29N5OS.HI/c1-3-17-15(19-9-12-22-4-2)18-8-7-14-13-23-16(20-14)21-10-5-6-11-21;/h13H,3-12H2,1-2H3,(H2,17,18,19);1H. The van der Waals surface area contributed by atoms with Crippen LogP contribution in [-0.2, 0) is 11.2 Å². The predicted octanol–water partition coefficient (Wildman–Crippen LogP) is 2.50. The van der Waals surface area contributed by atoms with Crippen LogP contribution in [0.3, 0.4) is 0 Å². The number of hydrogen-bond acceptors (Lipinski definition) is 5. The number of aliphatic imine (C=N–C) groups is 1. The summed E-state index contributed by atoms with van der Waals surface area (Å²) in [5.74, 6) is 0.849. The van der Waals surface area contributed by atoms with E-state index >= 15 is 0 Å². The Morgan fingerprint density at radius 1 is 1.33 bits per heavy atom. The van der Waals surface area contributed by atoms with Crippen LogP contribution in [0, 0.1) is 0 Å². The Bertz CT molecular complexity index is 477. The Kier molecular flexibility index (Phi) is 11.4. The molecular formula is C16H30IN5OS. The molecule has 138 valence electrons. The molecule has 0 spiro atoms. The Hall–Kier alpha value is -0.610. The molecule has 0 bridgehead atoms. The summed E-state index contributed by atoms with van der Waals surface area (Å²) < 4.78 is 5.31. The quantitative estimate of drug-likeness (QED) is 0.253. The van der Waals surface area contributed by atoms with Crippen LogP contribution in [-0.4, -0.2) is 56.9 Å². The Labute approximate surface area is 166 Å². The summed E-state index contributed by atoms with van der Waals surface area (Å²) in [5, 5.41) is 9.96. The van der Waals surface area contributed by atoms with Gasteiger partial charge in [0.15, 0.2) is 11.1 Å². The van der Waals surface area contributed by atoms with Crippen molar-refractivity contribution in [1.29, 1.82) is 0 Å². The second-order valence-corrected chi connectivity index (χ2v) is 6.29. The first-order valence-electron chi connectivity index (χ1n) is 8.62. The lowest BCUT2D eigenvalue weighted by molar-refractivity contribution is 0.155. The molecule has 0 aliphatic carbocycles. The Balaban J connectivity index is 0.00000288. The summed E-state index contributed by atoms with van der Waals surface area (Å²) in [7, 11) is 0. The summed E-state index contributed by atoms with van der Waals surface area (Å²) in [6.07, 6.45) is 3.50. The highest BCUT2D eigenvalue weighted by atomic mass is 127. The first-order chi connectivity index (χ1) is 11.3. The molecule has 0 saturated carbocycles. The Morgan fingerprint density at radius 3 is 2.83 bits per heavy atom. The molecule has 2 N–H and O–H groups in total. The zero-order chi connectivity index (χ0) is 16.3. The molecule has 24 heavy (non-hydrogen) atoms. The highest BCUT2D eigenvalue weighted by molar-refractivity contribution is 14.0. The first kappa shape index (κ1) is 21.4. The van der Waals surface area contributed by atoms with Crippen molar-refractivity contribution in [1.82, 2.24) is 15.6 Å². The molecule has 2 rings (SSSR count). The maximum Gasteiger partial charge on any atom is 0.191 e. The third-order valence-corrected chi connectivity index (χ3v) is 4.59. The van der Waals surface area contributed by atoms with E-state index in [1.54, 1.807) is 11.3 Å². The number of anilines is 1. The summed E-state index contributed by atoms with van der Waals surface area (Å²) >= 11 is 1.76. The number of halogens is 1. The molecule has 0 aromatic carbocycles. The minimum absolute atomic E-state index is 0. The van der Waals surface area contributed by atoms with Gasteiger partial charge < -0.3 is 20.3 Å². The van der Waals surface area contributed by atoms with Crippen LogP contribution in [0.1, 0.15) is 32.4 Å². The van der Waals surface area contributed by atoms with Crippen LogP contribution in [0.5, 0.6) is 0 Å². The van der Waals surface area contributed by atoms with Crippen LogP contribution in [0.2, 0.25) is 0 Å². The largest absolute Gasteiger partial charge is 0.380 e. The third kappa shape index (κ3) is 7.52. The first-order valence-corrected chi connectivity index (χ1v) is 9.50. The van der Waals surface area contributed by atoms with E-state index in [1.807, 2.05) is 6.92 Å². The van der Waals surface area contributed by atoms with E-state index in [2.05, 4.69) is 32.8 Å². The fraction of sp³-hybridized carbons (Fsp3) is 0.750. The molecule has 1 aliphatic rings. The molecule has 0 unspecified atom stereocenters. The average Bonchev–Trinajstić information content (AvgIpc) is 3.22. The van der Waals surface area contributed by atoms with Gasteiger partial charge in [0, 0.05) is 44.6 Å². The number of nitrogens with zero attached hydrogens (tertiary/aromatic N) is 3. The van der Waals surface area contributed by atoms with Crippen molar-refractivity contribution in [3.63, 3.8) is 0 Å². The second kappa shape index (κ2) is 12.7. The van der Waals surface area contributed by atoms with Crippen LogP contribution < -0.4 is 15.5 Å². The topological polar surface area (TPSA) is 61.8 Å². The van der Waals surface area contributed by atoms with Gasteiger partial charge in [0.2, 0.25) is 0 Å². The highest BCUT2D eigenvalue weighted by Gasteiger charge is 2.15. The van der Waals surface area contributed by atoms with Crippen molar-refractivity contribution in [2.45, 2.75) is 33.1 Å². The molecular weight excluding hydrogens is 437 g/mol. The fourth-order valence-electron chi connectivity index (χ4n) is 2.48. The van der Waals surface area contributed by atoms with Gasteiger partial charge in [-0.2, -0.15) is 0 Å². The fourth-order valence-corrected chi connectivity index (χ4v) is 3.40. The number of nitrogens with one attached hydrogen (secondary N) is 2. The molecule has 1 saturated heterocycles. The summed E-state index contributed by atoms with van der Waals surface area (Å²) in [4.78, 5) is 11.6. The number of aromatic nitrogens is 1. The van der Waals surface area contributed by atoms with Crippen molar-refractivity contribution < 1.29 is 4.74 Å². The predicted molar refractivity (Wildman–Crippen MR) is 113 cm³/mol. The van der Waals surface area contributed by atoms with Crippen molar-refractivity contribution in [2.24, 2.45) is 4.99 Å². The van der Waals surface area contributed by atoms with Crippen LogP contribution in [0.25, 0.3) is 0 Å². The molecule has 1 fully saturated rings. The molecule has 2 heterocycles. The maximum atomic E-state index is 5.31. The maximum absolute atomic E-state index is 5.31. The zero-order valence-electron chi connectivity index (χ0n) is 14.7. The molecule has 1 aliphatic heterocycles. The third-order valence-electron chi connectivity index (χ3n) is 3.64. The van der Waals surface area contributed by atoms with Gasteiger partial charge in [0.05, 0.1) is 18.8 Å². The highest BCUT2D eigenvalue weighted by Crippen LogP contribution is 2.24. The van der Waals surface area contributed by atoms with E-state index in [0.717, 1.165) is 50.9 Å². The van der Waals surface area contributed by atoms with E-state index in [-0.39, 0.29) is 24.0 Å². The van der Waals surface area contributed by atoms with Crippen molar-refractivity contribution in [3.05, 3.63) is 11.1 Å². The van der Waals surface area contributed by atoms with Crippen molar-refractivity contribution >= 4 is 46.4 Å². The smallest absolute Gasteiger partial charge is 0.191 e. The number of thiazole rings is 1. The lowest BCUT2D eigenvalue weighted by Gasteiger charge is -2.12. The van der Waals surface area contributed by atoms with E-state index in [9.17, 15) is 0 Å². The van der Waals surface area contributed by atoms with E-state index in [0.29, 0.717) is 13.2 Å². The van der Waals surface area contributed by atoms with Gasteiger partial charge in [0.1, 0.15) is 0 Å². The Morgan fingerprint density at radius 2 is 2.12 bits per heavy atom. The van der Waals surface area contributed by atoms with Gasteiger partial charge in [-0.3, -0.25) is 4.99 Å². The van der Waals surface area contributed by atoms with Gasteiger partial charge >= 0.3 is 0 Å². The van der Waals surface area contributed by atoms with Crippen molar-refractivity contribution in [3.8, 4) is 0 Å². The number of rotatable bonds is 9. The van der Waals surface area contributed by atoms with Gasteiger partial charge in [-0.1, -0.05) is 0 Å². The monoisotopic (exact) mass is 467 g/mol. The minimum Gasteiger partial charge on any atom is -0.380 e. The SMILES string of the molecule is CCNC(=NCCOCC)NCCc1csc(N2CCCC2)n1.I.